The third-order valence-electron chi connectivity index (χ3n) is 4.42. The highest BCUT2D eigenvalue weighted by Crippen LogP contribution is 2.29. The fraction of sp³-hybridized carbons (Fsp3) is 0.136. The molecule has 0 atom stereocenters. The maximum atomic E-state index is 4.93. The van der Waals surface area contributed by atoms with Crippen LogP contribution in [0.3, 0.4) is 0 Å². The van der Waals surface area contributed by atoms with E-state index in [1.807, 2.05) is 0 Å². The van der Waals surface area contributed by atoms with Gasteiger partial charge in [-0.25, -0.2) is 4.98 Å². The van der Waals surface area contributed by atoms with Crippen molar-refractivity contribution in [3.8, 4) is 22.4 Å². The van der Waals surface area contributed by atoms with Crippen molar-refractivity contribution in [1.29, 1.82) is 0 Å². The van der Waals surface area contributed by atoms with Crippen LogP contribution in [0.2, 0.25) is 0 Å². The largest absolute Gasteiger partial charge is 0.248 e. The summed E-state index contributed by atoms with van der Waals surface area (Å²) in [5.41, 5.74) is 8.50. The molecule has 1 aromatic heterocycles. The average Bonchev–Trinajstić information content (AvgIpc) is 2.62. The number of nitrogens with zero attached hydrogens (tertiary/aromatic N) is 1. The van der Waals surface area contributed by atoms with Crippen LogP contribution in [0, 0.1) is 6.92 Å². The number of fused-ring (bicyclic) bond motifs is 1. The standard InChI is InChI=1S/C22H19N/c1-16-14-19-10-5-6-13-21(19)23-22(16)20-12-7-11-18(15-20)17-8-3-2-4-9-17/h2-4,6-9,11-15H,5,10H2,1H3. The van der Waals surface area contributed by atoms with Crippen molar-refractivity contribution >= 4 is 6.08 Å². The summed E-state index contributed by atoms with van der Waals surface area (Å²) < 4.78 is 0. The first-order valence-electron chi connectivity index (χ1n) is 8.14. The molecule has 0 saturated heterocycles. The number of hydrogen-bond donors (Lipinski definition) is 0. The van der Waals surface area contributed by atoms with Crippen LogP contribution in [-0.4, -0.2) is 4.98 Å². The van der Waals surface area contributed by atoms with E-state index >= 15 is 0 Å². The molecule has 0 saturated carbocycles. The van der Waals surface area contributed by atoms with Crippen LogP contribution in [0.4, 0.5) is 0 Å². The van der Waals surface area contributed by atoms with Crippen molar-refractivity contribution in [1.82, 2.24) is 4.98 Å². The molecular formula is C22H19N. The third-order valence-corrected chi connectivity index (χ3v) is 4.42. The molecular weight excluding hydrogens is 278 g/mol. The lowest BCUT2D eigenvalue weighted by molar-refractivity contribution is 0.960. The molecule has 0 unspecified atom stereocenters. The van der Waals surface area contributed by atoms with E-state index in [0.29, 0.717) is 0 Å². The number of pyridine rings is 1. The van der Waals surface area contributed by atoms with Crippen LogP contribution in [0.1, 0.15) is 23.2 Å². The zero-order chi connectivity index (χ0) is 15.6. The molecule has 1 aliphatic rings. The Labute approximate surface area is 137 Å². The smallest absolute Gasteiger partial charge is 0.0738 e. The molecule has 1 nitrogen and oxygen atoms in total. The Morgan fingerprint density at radius 3 is 2.48 bits per heavy atom. The van der Waals surface area contributed by atoms with Gasteiger partial charge in [-0.05, 0) is 54.2 Å². The maximum absolute atomic E-state index is 4.93. The third kappa shape index (κ3) is 2.70. The summed E-state index contributed by atoms with van der Waals surface area (Å²) >= 11 is 0. The highest BCUT2D eigenvalue weighted by Gasteiger charge is 2.12. The number of benzene rings is 2. The van der Waals surface area contributed by atoms with E-state index in [1.165, 1.54) is 27.8 Å². The summed E-state index contributed by atoms with van der Waals surface area (Å²) in [5, 5.41) is 0. The van der Waals surface area contributed by atoms with Gasteiger partial charge in [0.2, 0.25) is 0 Å². The molecule has 0 N–H and O–H groups in total. The molecule has 112 valence electrons. The Morgan fingerprint density at radius 1 is 0.826 bits per heavy atom. The van der Waals surface area contributed by atoms with Gasteiger partial charge in [0.05, 0.1) is 11.4 Å². The van der Waals surface area contributed by atoms with Gasteiger partial charge < -0.3 is 0 Å². The second-order valence-corrected chi connectivity index (χ2v) is 6.09. The van der Waals surface area contributed by atoms with Crippen molar-refractivity contribution in [3.63, 3.8) is 0 Å². The Bertz CT molecular complexity index is 876. The van der Waals surface area contributed by atoms with Crippen LogP contribution < -0.4 is 0 Å². The van der Waals surface area contributed by atoms with Crippen LogP contribution in [0.5, 0.6) is 0 Å². The Balaban J connectivity index is 1.81. The number of hydrogen-bond acceptors (Lipinski definition) is 1. The number of allylic oxidation sites excluding steroid dienone is 1. The van der Waals surface area contributed by atoms with E-state index in [9.17, 15) is 0 Å². The van der Waals surface area contributed by atoms with Crippen molar-refractivity contribution in [3.05, 3.63) is 83.6 Å². The average molecular weight is 297 g/mol. The summed E-state index contributed by atoms with van der Waals surface area (Å²) in [5.74, 6) is 0. The van der Waals surface area contributed by atoms with Crippen molar-refractivity contribution in [2.45, 2.75) is 19.8 Å². The summed E-state index contributed by atoms with van der Waals surface area (Å²) in [6.07, 6.45) is 6.60. The van der Waals surface area contributed by atoms with Gasteiger partial charge in [-0.3, -0.25) is 0 Å². The summed E-state index contributed by atoms with van der Waals surface area (Å²) in [6, 6.07) is 21.5. The molecule has 1 heterocycles. The predicted molar refractivity (Wildman–Crippen MR) is 97.2 cm³/mol. The zero-order valence-corrected chi connectivity index (χ0v) is 13.3. The Kier molecular flexibility index (Phi) is 3.55. The number of rotatable bonds is 2. The lowest BCUT2D eigenvalue weighted by atomic mass is 9.96. The molecule has 0 amide bonds. The topological polar surface area (TPSA) is 12.9 Å². The summed E-state index contributed by atoms with van der Waals surface area (Å²) in [6.45, 7) is 2.16. The molecule has 1 aliphatic carbocycles. The molecule has 0 radical (unpaired) electrons. The van der Waals surface area contributed by atoms with Gasteiger partial charge in [0.15, 0.2) is 0 Å². The van der Waals surface area contributed by atoms with Crippen LogP contribution in [-0.2, 0) is 6.42 Å². The highest BCUT2D eigenvalue weighted by molar-refractivity contribution is 5.73. The molecule has 0 aliphatic heterocycles. The molecule has 3 aromatic rings. The van der Waals surface area contributed by atoms with E-state index in [1.54, 1.807) is 0 Å². The molecule has 1 heteroatoms. The van der Waals surface area contributed by atoms with E-state index in [-0.39, 0.29) is 0 Å². The van der Waals surface area contributed by atoms with Gasteiger partial charge in [-0.1, -0.05) is 60.7 Å². The number of aryl methyl sites for hydroxylation is 2. The SMILES string of the molecule is Cc1cc2c(nc1-c1cccc(-c3ccccc3)c1)C=CCC2. The maximum Gasteiger partial charge on any atom is 0.0738 e. The van der Waals surface area contributed by atoms with Gasteiger partial charge in [-0.15, -0.1) is 0 Å². The first kappa shape index (κ1) is 14.0. The molecule has 2 aromatic carbocycles. The van der Waals surface area contributed by atoms with Gasteiger partial charge in [0, 0.05) is 5.56 Å². The predicted octanol–water partition coefficient (Wildman–Crippen LogP) is 5.68. The van der Waals surface area contributed by atoms with Gasteiger partial charge in [0.1, 0.15) is 0 Å². The van der Waals surface area contributed by atoms with Crippen molar-refractivity contribution in [2.24, 2.45) is 0 Å². The minimum Gasteiger partial charge on any atom is -0.248 e. The molecule has 0 spiro atoms. The normalized spacial score (nSPS) is 12.9. The lowest BCUT2D eigenvalue weighted by Gasteiger charge is -2.14. The van der Waals surface area contributed by atoms with Crippen molar-refractivity contribution in [2.75, 3.05) is 0 Å². The van der Waals surface area contributed by atoms with E-state index in [2.05, 4.69) is 79.7 Å². The van der Waals surface area contributed by atoms with Gasteiger partial charge in [-0.2, -0.15) is 0 Å². The summed E-state index contributed by atoms with van der Waals surface area (Å²) in [4.78, 5) is 4.93. The van der Waals surface area contributed by atoms with Gasteiger partial charge in [0.25, 0.3) is 0 Å². The van der Waals surface area contributed by atoms with E-state index in [0.717, 1.165) is 24.2 Å². The van der Waals surface area contributed by atoms with E-state index in [4.69, 9.17) is 4.98 Å². The van der Waals surface area contributed by atoms with Crippen LogP contribution >= 0.6 is 0 Å². The second kappa shape index (κ2) is 5.85. The first-order valence-corrected chi connectivity index (χ1v) is 8.14. The summed E-state index contributed by atoms with van der Waals surface area (Å²) in [7, 11) is 0. The Hall–Kier alpha value is -2.67. The van der Waals surface area contributed by atoms with Crippen LogP contribution in [0.25, 0.3) is 28.5 Å². The molecule has 23 heavy (non-hydrogen) atoms. The Morgan fingerprint density at radius 2 is 1.61 bits per heavy atom. The van der Waals surface area contributed by atoms with Gasteiger partial charge >= 0.3 is 0 Å². The highest BCUT2D eigenvalue weighted by atomic mass is 14.7. The fourth-order valence-corrected chi connectivity index (χ4v) is 3.23. The zero-order valence-electron chi connectivity index (χ0n) is 13.3. The minimum absolute atomic E-state index is 1.09. The first-order chi connectivity index (χ1) is 11.3. The quantitative estimate of drug-likeness (QED) is 0.592. The second-order valence-electron chi connectivity index (χ2n) is 6.09. The fourth-order valence-electron chi connectivity index (χ4n) is 3.23. The number of aromatic nitrogens is 1. The molecule has 0 fully saturated rings. The lowest BCUT2D eigenvalue weighted by Crippen LogP contribution is -2.01. The van der Waals surface area contributed by atoms with Crippen molar-refractivity contribution < 1.29 is 0 Å². The van der Waals surface area contributed by atoms with E-state index < -0.39 is 0 Å². The molecule has 0 bridgehead atoms. The monoisotopic (exact) mass is 297 g/mol. The minimum atomic E-state index is 1.09. The van der Waals surface area contributed by atoms with Crippen LogP contribution in [0.15, 0.2) is 66.7 Å². The molecule has 4 rings (SSSR count).